The first-order valence-corrected chi connectivity index (χ1v) is 9.63. The molecule has 2 aromatic carbocycles. The molecule has 2 aliphatic rings. The lowest BCUT2D eigenvalue weighted by atomic mass is 9.99. The number of nitrogens with zero attached hydrogens (tertiary/aromatic N) is 3. The van der Waals surface area contributed by atoms with Crippen LogP contribution in [-0.2, 0) is 11.2 Å². The predicted molar refractivity (Wildman–Crippen MR) is 104 cm³/mol. The van der Waals surface area contributed by atoms with Crippen molar-refractivity contribution < 1.29 is 9.53 Å². The maximum Gasteiger partial charge on any atom is 0.233 e. The maximum absolute atomic E-state index is 12.9. The van der Waals surface area contributed by atoms with Gasteiger partial charge in [-0.15, -0.1) is 0 Å². The van der Waals surface area contributed by atoms with Gasteiger partial charge in [-0.1, -0.05) is 29.5 Å². The van der Waals surface area contributed by atoms with Crippen LogP contribution in [0.5, 0.6) is 5.75 Å². The summed E-state index contributed by atoms with van der Waals surface area (Å²) < 4.78 is 6.40. The van der Waals surface area contributed by atoms with Crippen LogP contribution < -0.4 is 14.5 Å². The van der Waals surface area contributed by atoms with E-state index >= 15 is 0 Å². The molecule has 0 N–H and O–H groups in total. The molecule has 0 atom stereocenters. The van der Waals surface area contributed by atoms with Crippen molar-refractivity contribution in [3.63, 3.8) is 0 Å². The molecule has 1 saturated heterocycles. The largest absolute Gasteiger partial charge is 0.497 e. The number of benzene rings is 2. The fourth-order valence-electron chi connectivity index (χ4n) is 3.73. The summed E-state index contributed by atoms with van der Waals surface area (Å²) in [4.78, 5) is 21.7. The van der Waals surface area contributed by atoms with Crippen LogP contribution in [0.25, 0.3) is 10.2 Å². The number of para-hydroxylation sites is 1. The highest BCUT2D eigenvalue weighted by atomic mass is 32.1. The van der Waals surface area contributed by atoms with Crippen molar-refractivity contribution in [2.75, 3.05) is 36.5 Å². The number of amides is 1. The first-order valence-electron chi connectivity index (χ1n) is 8.82. The van der Waals surface area contributed by atoms with Gasteiger partial charge >= 0.3 is 0 Å². The molecule has 3 aromatic rings. The van der Waals surface area contributed by atoms with Crippen LogP contribution in [0.4, 0.5) is 10.8 Å². The molecule has 5 rings (SSSR count). The van der Waals surface area contributed by atoms with Gasteiger partial charge < -0.3 is 14.5 Å². The fraction of sp³-hybridized carbons (Fsp3) is 0.300. The Hall–Kier alpha value is -2.60. The van der Waals surface area contributed by atoms with Gasteiger partial charge in [0.1, 0.15) is 5.75 Å². The summed E-state index contributed by atoms with van der Waals surface area (Å²) in [5.74, 6) is 1.15. The molecule has 6 heteroatoms. The number of anilines is 2. The van der Waals surface area contributed by atoms with E-state index in [0.29, 0.717) is 0 Å². The average Bonchev–Trinajstić information content (AvgIpc) is 3.23. The Morgan fingerprint density at radius 2 is 2.08 bits per heavy atom. The van der Waals surface area contributed by atoms with Gasteiger partial charge in [-0.2, -0.15) is 0 Å². The third-order valence-electron chi connectivity index (χ3n) is 5.24. The minimum Gasteiger partial charge on any atom is -0.497 e. The highest BCUT2D eigenvalue weighted by Gasteiger charge is 2.38. The number of aromatic nitrogens is 1. The summed E-state index contributed by atoms with van der Waals surface area (Å²) in [5.41, 5.74) is 3.34. The van der Waals surface area contributed by atoms with Crippen LogP contribution in [-0.4, -0.2) is 37.6 Å². The molecule has 2 aliphatic heterocycles. The molecule has 0 spiro atoms. The van der Waals surface area contributed by atoms with E-state index in [4.69, 9.17) is 9.72 Å². The zero-order valence-corrected chi connectivity index (χ0v) is 15.3. The number of rotatable bonds is 3. The quantitative estimate of drug-likeness (QED) is 0.714. The number of fused-ring (bicyclic) bond motifs is 2. The van der Waals surface area contributed by atoms with E-state index < -0.39 is 0 Å². The Bertz CT molecular complexity index is 994. The number of hydrogen-bond donors (Lipinski definition) is 0. The summed E-state index contributed by atoms with van der Waals surface area (Å²) in [5, 5.41) is 0.985. The van der Waals surface area contributed by atoms with Crippen LogP contribution >= 0.6 is 11.3 Å². The van der Waals surface area contributed by atoms with Crippen molar-refractivity contribution in [3.8, 4) is 5.75 Å². The molecule has 3 heterocycles. The van der Waals surface area contributed by atoms with Gasteiger partial charge in [0, 0.05) is 25.3 Å². The van der Waals surface area contributed by atoms with Gasteiger partial charge in [0.15, 0.2) is 5.13 Å². The number of hydrogen-bond acceptors (Lipinski definition) is 5. The van der Waals surface area contributed by atoms with Gasteiger partial charge in [-0.05, 0) is 36.2 Å². The highest BCUT2D eigenvalue weighted by molar-refractivity contribution is 7.22. The number of carbonyl (C=O) groups excluding carboxylic acids is 1. The summed E-state index contributed by atoms with van der Waals surface area (Å²) in [6.07, 6.45) is 0.956. The number of ether oxygens (including phenoxy) is 1. The molecule has 1 aromatic heterocycles. The molecule has 132 valence electrons. The number of thiazole rings is 1. The Kier molecular flexibility index (Phi) is 3.60. The van der Waals surface area contributed by atoms with Crippen LogP contribution in [0.1, 0.15) is 5.56 Å². The fourth-order valence-corrected chi connectivity index (χ4v) is 4.75. The van der Waals surface area contributed by atoms with Gasteiger partial charge in [0.25, 0.3) is 0 Å². The number of carbonyl (C=O) groups is 1. The minimum atomic E-state index is 0.0581. The first-order chi connectivity index (χ1) is 12.7. The standard InChI is InChI=1S/C20H19N3O2S/c1-25-15-6-7-16-18(10-15)26-20(21-16)22-11-14(12-22)19(24)23-9-8-13-4-2-3-5-17(13)23/h2-7,10,14H,8-9,11-12H2,1H3. The van der Waals surface area contributed by atoms with Crippen LogP contribution in [0.3, 0.4) is 0 Å². The first kappa shape index (κ1) is 15.6. The average molecular weight is 365 g/mol. The zero-order valence-electron chi connectivity index (χ0n) is 14.5. The molecule has 1 amide bonds. The highest BCUT2D eigenvalue weighted by Crippen LogP contribution is 2.36. The Balaban J connectivity index is 1.29. The zero-order chi connectivity index (χ0) is 17.7. The second-order valence-electron chi connectivity index (χ2n) is 6.80. The lowest BCUT2D eigenvalue weighted by Crippen LogP contribution is -2.54. The SMILES string of the molecule is COc1ccc2nc(N3CC(C(=O)N4CCc5ccccc54)C3)sc2c1. The monoisotopic (exact) mass is 365 g/mol. The summed E-state index contributed by atoms with van der Waals surface area (Å²) in [6.45, 7) is 2.29. The molecule has 1 fully saturated rings. The molecule has 0 aliphatic carbocycles. The van der Waals surface area contributed by atoms with Gasteiger partial charge in [-0.3, -0.25) is 4.79 Å². The molecule has 0 bridgehead atoms. The van der Waals surface area contributed by atoms with Crippen LogP contribution in [0, 0.1) is 5.92 Å². The lowest BCUT2D eigenvalue weighted by molar-refractivity contribution is -0.123. The van der Waals surface area contributed by atoms with Crippen LogP contribution in [0.15, 0.2) is 42.5 Å². The van der Waals surface area contributed by atoms with Crippen molar-refractivity contribution in [1.29, 1.82) is 0 Å². The summed E-state index contributed by atoms with van der Waals surface area (Å²) in [6, 6.07) is 14.1. The van der Waals surface area contributed by atoms with Crippen molar-refractivity contribution in [1.82, 2.24) is 4.98 Å². The lowest BCUT2D eigenvalue weighted by Gasteiger charge is -2.39. The van der Waals surface area contributed by atoms with Gasteiger partial charge in [0.05, 0.1) is 23.2 Å². The van der Waals surface area contributed by atoms with Crippen LogP contribution in [0.2, 0.25) is 0 Å². The van der Waals surface area contributed by atoms with Crippen molar-refractivity contribution in [2.45, 2.75) is 6.42 Å². The molecule has 26 heavy (non-hydrogen) atoms. The second kappa shape index (κ2) is 5.99. The van der Waals surface area contributed by atoms with Crippen molar-refractivity contribution in [3.05, 3.63) is 48.0 Å². The topological polar surface area (TPSA) is 45.7 Å². The summed E-state index contributed by atoms with van der Waals surface area (Å²) in [7, 11) is 1.67. The minimum absolute atomic E-state index is 0.0581. The van der Waals surface area contributed by atoms with E-state index in [0.717, 1.165) is 52.8 Å². The Labute approximate surface area is 155 Å². The third kappa shape index (κ3) is 2.44. The van der Waals surface area contributed by atoms with Crippen molar-refractivity contribution >= 4 is 38.3 Å². The molecule has 0 unspecified atom stereocenters. The maximum atomic E-state index is 12.9. The van der Waals surface area contributed by atoms with E-state index in [1.165, 1.54) is 5.56 Å². The van der Waals surface area contributed by atoms with E-state index in [2.05, 4.69) is 17.0 Å². The smallest absolute Gasteiger partial charge is 0.233 e. The predicted octanol–water partition coefficient (Wildman–Crippen LogP) is 3.33. The molecule has 0 radical (unpaired) electrons. The van der Waals surface area contributed by atoms with E-state index in [9.17, 15) is 4.79 Å². The van der Waals surface area contributed by atoms with Gasteiger partial charge in [0.2, 0.25) is 5.91 Å². The van der Waals surface area contributed by atoms with Gasteiger partial charge in [-0.25, -0.2) is 4.98 Å². The summed E-state index contributed by atoms with van der Waals surface area (Å²) >= 11 is 1.66. The third-order valence-corrected chi connectivity index (χ3v) is 6.32. The van der Waals surface area contributed by atoms with E-state index in [1.54, 1.807) is 18.4 Å². The molecule has 5 nitrogen and oxygen atoms in total. The molecular weight excluding hydrogens is 346 g/mol. The Morgan fingerprint density at radius 3 is 2.92 bits per heavy atom. The molecular formula is C20H19N3O2S. The van der Waals surface area contributed by atoms with E-state index in [-0.39, 0.29) is 11.8 Å². The normalized spacial score (nSPS) is 16.7. The van der Waals surface area contributed by atoms with E-state index in [1.807, 2.05) is 35.2 Å². The Morgan fingerprint density at radius 1 is 1.23 bits per heavy atom. The van der Waals surface area contributed by atoms with Crippen molar-refractivity contribution in [2.24, 2.45) is 5.92 Å². The second-order valence-corrected chi connectivity index (χ2v) is 7.81. The number of methoxy groups -OCH3 is 1. The molecule has 0 saturated carbocycles.